The van der Waals surface area contributed by atoms with Crippen molar-refractivity contribution in [2.75, 3.05) is 18.0 Å². The highest BCUT2D eigenvalue weighted by Gasteiger charge is 2.08. The topological polar surface area (TPSA) is 21.1 Å². The minimum absolute atomic E-state index is 0.997. The summed E-state index contributed by atoms with van der Waals surface area (Å²) < 4.78 is 1.83. The van der Waals surface area contributed by atoms with E-state index in [0.29, 0.717) is 0 Å². The van der Waals surface area contributed by atoms with E-state index in [1.165, 1.54) is 0 Å². The number of aromatic nitrogens is 2. The highest BCUT2D eigenvalue weighted by atomic mass is 15.3. The van der Waals surface area contributed by atoms with E-state index in [4.69, 9.17) is 0 Å². The van der Waals surface area contributed by atoms with Gasteiger partial charge in [-0.05, 0) is 0 Å². The molecule has 2 rings (SSSR count). The smallest absolute Gasteiger partial charge is 0.151 e. The van der Waals surface area contributed by atoms with Gasteiger partial charge in [-0.15, -0.1) is 0 Å². The summed E-state index contributed by atoms with van der Waals surface area (Å²) in [5.41, 5.74) is 0. The summed E-state index contributed by atoms with van der Waals surface area (Å²) in [6.45, 7) is 1.99. The van der Waals surface area contributed by atoms with Crippen molar-refractivity contribution in [1.29, 1.82) is 0 Å². The first kappa shape index (κ1) is 6.46. The zero-order valence-corrected chi connectivity index (χ0v) is 6.57. The van der Waals surface area contributed by atoms with E-state index >= 15 is 0 Å². The van der Waals surface area contributed by atoms with Crippen molar-refractivity contribution in [3.8, 4) is 0 Å². The molecule has 0 aliphatic carbocycles. The average molecular weight is 149 g/mol. The second-order valence-corrected chi connectivity index (χ2v) is 2.72. The second-order valence-electron chi connectivity index (χ2n) is 2.72. The Kier molecular flexibility index (Phi) is 1.42. The van der Waals surface area contributed by atoms with Gasteiger partial charge in [-0.1, -0.05) is 12.2 Å². The molecule has 0 N–H and O–H groups in total. The van der Waals surface area contributed by atoms with Crippen LogP contribution in [-0.2, 0) is 7.05 Å². The number of hydrogen-bond acceptors (Lipinski definition) is 2. The molecule has 0 fully saturated rings. The zero-order chi connectivity index (χ0) is 7.68. The normalized spacial score (nSPS) is 16.3. The SMILES string of the molecule is Cn1ccc(N2CC=CC2)n1. The van der Waals surface area contributed by atoms with Crippen molar-refractivity contribution in [2.45, 2.75) is 0 Å². The molecule has 0 radical (unpaired) electrons. The van der Waals surface area contributed by atoms with Gasteiger partial charge in [0.1, 0.15) is 0 Å². The molecular formula is C8H11N3. The molecule has 58 valence electrons. The molecular weight excluding hydrogens is 138 g/mol. The van der Waals surface area contributed by atoms with E-state index in [1.54, 1.807) is 0 Å². The van der Waals surface area contributed by atoms with E-state index in [2.05, 4.69) is 22.2 Å². The quantitative estimate of drug-likeness (QED) is 0.550. The minimum atomic E-state index is 0.997. The first-order valence-corrected chi connectivity index (χ1v) is 3.76. The zero-order valence-electron chi connectivity index (χ0n) is 6.57. The van der Waals surface area contributed by atoms with E-state index in [1.807, 2.05) is 24.0 Å². The van der Waals surface area contributed by atoms with Crippen LogP contribution in [0.4, 0.5) is 5.82 Å². The van der Waals surface area contributed by atoms with E-state index in [0.717, 1.165) is 18.9 Å². The van der Waals surface area contributed by atoms with Crippen molar-refractivity contribution in [3.05, 3.63) is 24.4 Å². The molecule has 1 aliphatic heterocycles. The van der Waals surface area contributed by atoms with Crippen LogP contribution in [-0.4, -0.2) is 22.9 Å². The average Bonchev–Trinajstić information content (AvgIpc) is 2.55. The van der Waals surface area contributed by atoms with Crippen LogP contribution < -0.4 is 4.90 Å². The van der Waals surface area contributed by atoms with Crippen molar-refractivity contribution >= 4 is 5.82 Å². The van der Waals surface area contributed by atoms with Crippen LogP contribution in [0.15, 0.2) is 24.4 Å². The Morgan fingerprint density at radius 2 is 2.09 bits per heavy atom. The predicted molar refractivity (Wildman–Crippen MR) is 44.6 cm³/mol. The predicted octanol–water partition coefficient (Wildman–Crippen LogP) is 0.796. The number of nitrogens with zero attached hydrogens (tertiary/aromatic N) is 3. The molecule has 1 aliphatic rings. The lowest BCUT2D eigenvalue weighted by Gasteiger charge is -2.12. The van der Waals surface area contributed by atoms with Crippen LogP contribution in [0.1, 0.15) is 0 Å². The van der Waals surface area contributed by atoms with E-state index < -0.39 is 0 Å². The molecule has 1 aromatic rings. The van der Waals surface area contributed by atoms with Gasteiger partial charge in [-0.2, -0.15) is 5.10 Å². The van der Waals surface area contributed by atoms with Gasteiger partial charge < -0.3 is 4.90 Å². The lowest BCUT2D eigenvalue weighted by atomic mass is 10.5. The molecule has 2 heterocycles. The van der Waals surface area contributed by atoms with Crippen molar-refractivity contribution in [3.63, 3.8) is 0 Å². The number of anilines is 1. The van der Waals surface area contributed by atoms with Gasteiger partial charge in [-0.3, -0.25) is 4.68 Å². The minimum Gasteiger partial charge on any atom is -0.348 e. The third-order valence-corrected chi connectivity index (χ3v) is 1.84. The fourth-order valence-corrected chi connectivity index (χ4v) is 1.24. The van der Waals surface area contributed by atoms with E-state index in [-0.39, 0.29) is 0 Å². The fourth-order valence-electron chi connectivity index (χ4n) is 1.24. The van der Waals surface area contributed by atoms with Gasteiger partial charge in [0.15, 0.2) is 5.82 Å². The third-order valence-electron chi connectivity index (χ3n) is 1.84. The summed E-state index contributed by atoms with van der Waals surface area (Å²) in [5, 5.41) is 4.30. The maximum absolute atomic E-state index is 4.30. The molecule has 0 bridgehead atoms. The molecule has 0 aromatic carbocycles. The standard InChI is InChI=1S/C8H11N3/c1-10-7-4-8(9-10)11-5-2-3-6-11/h2-4,7H,5-6H2,1H3. The summed E-state index contributed by atoms with van der Waals surface area (Å²) in [6, 6.07) is 2.03. The molecule has 0 saturated heterocycles. The molecule has 0 amide bonds. The second kappa shape index (κ2) is 2.42. The summed E-state index contributed by atoms with van der Waals surface area (Å²) in [7, 11) is 1.94. The highest BCUT2D eigenvalue weighted by molar-refractivity contribution is 5.40. The lowest BCUT2D eigenvalue weighted by Crippen LogP contribution is -2.19. The molecule has 0 spiro atoms. The van der Waals surface area contributed by atoms with Crippen molar-refractivity contribution < 1.29 is 0 Å². The maximum Gasteiger partial charge on any atom is 0.151 e. The molecule has 3 nitrogen and oxygen atoms in total. The Hall–Kier alpha value is -1.25. The molecule has 0 saturated carbocycles. The van der Waals surface area contributed by atoms with Crippen LogP contribution >= 0.6 is 0 Å². The fraction of sp³-hybridized carbons (Fsp3) is 0.375. The van der Waals surface area contributed by atoms with Gasteiger partial charge >= 0.3 is 0 Å². The van der Waals surface area contributed by atoms with Gasteiger partial charge in [0, 0.05) is 32.4 Å². The Morgan fingerprint density at radius 3 is 2.64 bits per heavy atom. The molecule has 3 heteroatoms. The van der Waals surface area contributed by atoms with Crippen LogP contribution in [0.2, 0.25) is 0 Å². The molecule has 0 atom stereocenters. The maximum atomic E-state index is 4.30. The van der Waals surface area contributed by atoms with Crippen molar-refractivity contribution in [1.82, 2.24) is 9.78 Å². The molecule has 11 heavy (non-hydrogen) atoms. The first-order chi connectivity index (χ1) is 5.36. The Labute approximate surface area is 65.9 Å². The highest BCUT2D eigenvalue weighted by Crippen LogP contribution is 2.12. The number of rotatable bonds is 1. The van der Waals surface area contributed by atoms with Gasteiger partial charge in [0.05, 0.1) is 0 Å². The van der Waals surface area contributed by atoms with Crippen molar-refractivity contribution in [2.24, 2.45) is 7.05 Å². The number of aryl methyl sites for hydroxylation is 1. The summed E-state index contributed by atoms with van der Waals surface area (Å²) in [5.74, 6) is 1.07. The third kappa shape index (κ3) is 1.13. The summed E-state index contributed by atoms with van der Waals surface area (Å²) >= 11 is 0. The van der Waals surface area contributed by atoms with Gasteiger partial charge in [0.2, 0.25) is 0 Å². The Balaban J connectivity index is 2.17. The van der Waals surface area contributed by atoms with Crippen LogP contribution in [0.3, 0.4) is 0 Å². The van der Waals surface area contributed by atoms with Gasteiger partial charge in [-0.25, -0.2) is 0 Å². The van der Waals surface area contributed by atoms with Crippen LogP contribution in [0.5, 0.6) is 0 Å². The molecule has 1 aromatic heterocycles. The molecule has 0 unspecified atom stereocenters. The summed E-state index contributed by atoms with van der Waals surface area (Å²) in [6.07, 6.45) is 6.29. The monoisotopic (exact) mass is 149 g/mol. The van der Waals surface area contributed by atoms with Crippen LogP contribution in [0, 0.1) is 0 Å². The first-order valence-electron chi connectivity index (χ1n) is 3.76. The Morgan fingerprint density at radius 1 is 1.36 bits per heavy atom. The summed E-state index contributed by atoms with van der Waals surface area (Å²) in [4.78, 5) is 2.22. The van der Waals surface area contributed by atoms with Crippen LogP contribution in [0.25, 0.3) is 0 Å². The van der Waals surface area contributed by atoms with Gasteiger partial charge in [0.25, 0.3) is 0 Å². The lowest BCUT2D eigenvalue weighted by molar-refractivity contribution is 0.757. The number of hydrogen-bond donors (Lipinski definition) is 0. The largest absolute Gasteiger partial charge is 0.348 e. The Bertz CT molecular complexity index is 267. The van der Waals surface area contributed by atoms with E-state index in [9.17, 15) is 0 Å².